The molecule has 6 nitrogen and oxygen atoms in total. The SMILES string of the molecule is O=C(O)c1nc(-c2c(F)cccc2Cl)oc1C(=O)O. The second-order valence-corrected chi connectivity index (χ2v) is 3.81. The third kappa shape index (κ3) is 2.27. The molecular weight excluding hydrogens is 281 g/mol. The Hall–Kier alpha value is -2.41. The number of carbonyl (C=O) groups is 2. The van der Waals surface area contributed by atoms with Gasteiger partial charge in [0.25, 0.3) is 0 Å². The molecule has 0 fully saturated rings. The molecule has 0 bridgehead atoms. The summed E-state index contributed by atoms with van der Waals surface area (Å²) in [6, 6.07) is 3.73. The molecule has 1 heterocycles. The summed E-state index contributed by atoms with van der Waals surface area (Å²) in [5, 5.41) is 17.5. The van der Waals surface area contributed by atoms with Crippen molar-refractivity contribution in [2.75, 3.05) is 0 Å². The van der Waals surface area contributed by atoms with E-state index in [1.54, 1.807) is 0 Å². The van der Waals surface area contributed by atoms with Crippen LogP contribution in [0.25, 0.3) is 11.5 Å². The zero-order chi connectivity index (χ0) is 14.2. The molecule has 0 spiro atoms. The smallest absolute Gasteiger partial charge is 0.374 e. The average Bonchev–Trinajstić information content (AvgIpc) is 2.73. The van der Waals surface area contributed by atoms with E-state index in [1.807, 2.05) is 0 Å². The molecule has 1 aromatic heterocycles. The van der Waals surface area contributed by atoms with Crippen LogP contribution in [0.2, 0.25) is 5.02 Å². The molecule has 0 saturated heterocycles. The van der Waals surface area contributed by atoms with Gasteiger partial charge in [0.2, 0.25) is 17.3 Å². The largest absolute Gasteiger partial charge is 0.476 e. The third-order valence-electron chi connectivity index (χ3n) is 2.20. The van der Waals surface area contributed by atoms with Crippen molar-refractivity contribution in [3.05, 3.63) is 40.5 Å². The minimum Gasteiger partial charge on any atom is -0.476 e. The fourth-order valence-electron chi connectivity index (χ4n) is 1.42. The van der Waals surface area contributed by atoms with E-state index < -0.39 is 35.1 Å². The molecule has 0 amide bonds. The Morgan fingerprint density at radius 2 is 1.95 bits per heavy atom. The number of rotatable bonds is 3. The van der Waals surface area contributed by atoms with Gasteiger partial charge in [0.1, 0.15) is 5.82 Å². The maximum atomic E-state index is 13.6. The normalized spacial score (nSPS) is 10.4. The van der Waals surface area contributed by atoms with Crippen LogP contribution in [0.15, 0.2) is 22.6 Å². The van der Waals surface area contributed by atoms with Gasteiger partial charge < -0.3 is 14.6 Å². The van der Waals surface area contributed by atoms with Crippen molar-refractivity contribution in [1.29, 1.82) is 0 Å². The van der Waals surface area contributed by atoms with Crippen LogP contribution in [-0.4, -0.2) is 27.1 Å². The highest BCUT2D eigenvalue weighted by atomic mass is 35.5. The summed E-state index contributed by atoms with van der Waals surface area (Å²) >= 11 is 5.75. The van der Waals surface area contributed by atoms with E-state index in [1.165, 1.54) is 12.1 Å². The van der Waals surface area contributed by atoms with Gasteiger partial charge in [0.15, 0.2) is 0 Å². The lowest BCUT2D eigenvalue weighted by Gasteiger charge is -1.99. The number of halogens is 2. The van der Waals surface area contributed by atoms with Gasteiger partial charge in [-0.25, -0.2) is 19.0 Å². The molecule has 0 atom stereocenters. The van der Waals surface area contributed by atoms with Crippen molar-refractivity contribution in [3.8, 4) is 11.5 Å². The van der Waals surface area contributed by atoms with Gasteiger partial charge in [0, 0.05) is 0 Å². The summed E-state index contributed by atoms with van der Waals surface area (Å²) < 4.78 is 18.4. The van der Waals surface area contributed by atoms with Crippen LogP contribution in [0.3, 0.4) is 0 Å². The number of oxazole rings is 1. The van der Waals surface area contributed by atoms with E-state index in [-0.39, 0.29) is 10.6 Å². The molecule has 2 N–H and O–H groups in total. The van der Waals surface area contributed by atoms with Crippen LogP contribution in [0.1, 0.15) is 21.0 Å². The summed E-state index contributed by atoms with van der Waals surface area (Å²) in [5.74, 6) is -5.41. The molecule has 0 aliphatic carbocycles. The molecule has 0 aliphatic heterocycles. The zero-order valence-corrected chi connectivity index (χ0v) is 9.81. The summed E-state index contributed by atoms with van der Waals surface area (Å²) in [5.41, 5.74) is -1.11. The fraction of sp³-hybridized carbons (Fsp3) is 0. The number of benzene rings is 1. The zero-order valence-electron chi connectivity index (χ0n) is 9.05. The van der Waals surface area contributed by atoms with Gasteiger partial charge in [-0.15, -0.1) is 0 Å². The van der Waals surface area contributed by atoms with Gasteiger partial charge in [-0.2, -0.15) is 0 Å². The molecular formula is C11H5ClFNO5. The Morgan fingerprint density at radius 1 is 1.26 bits per heavy atom. The molecule has 0 unspecified atom stereocenters. The summed E-state index contributed by atoms with van der Waals surface area (Å²) in [6.45, 7) is 0. The molecule has 19 heavy (non-hydrogen) atoms. The highest BCUT2D eigenvalue weighted by Crippen LogP contribution is 2.31. The van der Waals surface area contributed by atoms with E-state index in [9.17, 15) is 14.0 Å². The number of hydrogen-bond acceptors (Lipinski definition) is 4. The second kappa shape index (κ2) is 4.69. The average molecular weight is 286 g/mol. The first-order valence-corrected chi connectivity index (χ1v) is 5.21. The molecule has 98 valence electrons. The number of aromatic carboxylic acids is 2. The first-order valence-electron chi connectivity index (χ1n) is 4.83. The molecule has 2 rings (SSSR count). The predicted octanol–water partition coefficient (Wildman–Crippen LogP) is 2.53. The molecule has 2 aromatic rings. The first kappa shape index (κ1) is 13.0. The summed E-state index contributed by atoms with van der Waals surface area (Å²) in [6.07, 6.45) is 0. The van der Waals surface area contributed by atoms with E-state index >= 15 is 0 Å². The van der Waals surface area contributed by atoms with Crippen LogP contribution >= 0.6 is 11.6 Å². The maximum Gasteiger partial charge on any atom is 0.374 e. The lowest BCUT2D eigenvalue weighted by Crippen LogP contribution is -2.05. The predicted molar refractivity (Wildman–Crippen MR) is 60.8 cm³/mol. The molecule has 0 aliphatic rings. The minimum absolute atomic E-state index is 0.0740. The van der Waals surface area contributed by atoms with E-state index in [0.29, 0.717) is 0 Å². The number of aromatic nitrogens is 1. The lowest BCUT2D eigenvalue weighted by atomic mass is 10.2. The third-order valence-corrected chi connectivity index (χ3v) is 2.52. The van der Waals surface area contributed by atoms with Crippen molar-refractivity contribution < 1.29 is 28.6 Å². The Bertz CT molecular complexity index is 630. The molecule has 1 aromatic carbocycles. The monoisotopic (exact) mass is 285 g/mol. The highest BCUT2D eigenvalue weighted by Gasteiger charge is 2.27. The van der Waals surface area contributed by atoms with Crippen molar-refractivity contribution in [3.63, 3.8) is 0 Å². The molecule has 8 heteroatoms. The van der Waals surface area contributed by atoms with Gasteiger partial charge in [-0.1, -0.05) is 17.7 Å². The summed E-state index contributed by atoms with van der Waals surface area (Å²) in [4.78, 5) is 25.1. The van der Waals surface area contributed by atoms with Crippen LogP contribution in [-0.2, 0) is 0 Å². The first-order chi connectivity index (χ1) is 8.91. The Morgan fingerprint density at radius 3 is 2.42 bits per heavy atom. The van der Waals surface area contributed by atoms with Gasteiger partial charge in [0.05, 0.1) is 10.6 Å². The van der Waals surface area contributed by atoms with Crippen molar-refractivity contribution in [2.24, 2.45) is 0 Å². The van der Waals surface area contributed by atoms with Crippen molar-refractivity contribution in [1.82, 2.24) is 4.98 Å². The van der Waals surface area contributed by atoms with Crippen molar-refractivity contribution >= 4 is 23.5 Å². The van der Waals surface area contributed by atoms with E-state index in [0.717, 1.165) is 6.07 Å². The second-order valence-electron chi connectivity index (χ2n) is 3.40. The van der Waals surface area contributed by atoms with Crippen molar-refractivity contribution in [2.45, 2.75) is 0 Å². The minimum atomic E-state index is -1.62. The van der Waals surface area contributed by atoms with Crippen LogP contribution in [0.4, 0.5) is 4.39 Å². The topological polar surface area (TPSA) is 101 Å². The van der Waals surface area contributed by atoms with E-state index in [2.05, 4.69) is 4.98 Å². The number of hydrogen-bond donors (Lipinski definition) is 2. The highest BCUT2D eigenvalue weighted by molar-refractivity contribution is 6.33. The van der Waals surface area contributed by atoms with Gasteiger partial charge in [-0.05, 0) is 12.1 Å². The van der Waals surface area contributed by atoms with Crippen LogP contribution < -0.4 is 0 Å². The number of nitrogens with zero attached hydrogens (tertiary/aromatic N) is 1. The van der Waals surface area contributed by atoms with Gasteiger partial charge >= 0.3 is 11.9 Å². The van der Waals surface area contributed by atoms with Crippen LogP contribution in [0.5, 0.6) is 0 Å². The summed E-state index contributed by atoms with van der Waals surface area (Å²) in [7, 11) is 0. The molecule has 0 radical (unpaired) electrons. The standard InChI is InChI=1S/C11H5ClFNO5/c12-4-2-1-3-5(13)6(4)9-14-7(10(15)16)8(19-9)11(17)18/h1-3H,(H,15,16)(H,17,18). The number of carboxylic acids is 2. The van der Waals surface area contributed by atoms with Crippen LogP contribution in [0, 0.1) is 5.82 Å². The van der Waals surface area contributed by atoms with Gasteiger partial charge in [-0.3, -0.25) is 0 Å². The Labute approximate surface area is 110 Å². The number of carboxylic acid groups (broad SMARTS) is 2. The lowest BCUT2D eigenvalue weighted by molar-refractivity contribution is 0.0624. The van der Waals surface area contributed by atoms with E-state index in [4.69, 9.17) is 26.2 Å². The molecule has 0 saturated carbocycles. The Kier molecular flexibility index (Phi) is 3.22. The maximum absolute atomic E-state index is 13.6. The quantitative estimate of drug-likeness (QED) is 0.898. The Balaban J connectivity index is 2.68. The fourth-order valence-corrected chi connectivity index (χ4v) is 1.66.